The van der Waals surface area contributed by atoms with Gasteiger partial charge in [-0.2, -0.15) is 5.10 Å². The molecule has 0 fully saturated rings. The van der Waals surface area contributed by atoms with E-state index in [-0.39, 0.29) is 0 Å². The Bertz CT molecular complexity index is 231. The summed E-state index contributed by atoms with van der Waals surface area (Å²) in [5.41, 5.74) is 1.62. The van der Waals surface area contributed by atoms with Gasteiger partial charge in [-0.1, -0.05) is 0 Å². The number of rotatable bonds is 2. The number of H-pyrrole nitrogens is 1. The first-order valence-corrected chi connectivity index (χ1v) is 3.47. The standard InChI is InChI=1S/C7H13N3O/c1-5-4-6(9-8-5)7(11)10(2)3/h4,7,11H,1-3H3,(H,8,9). The number of aromatic nitrogens is 2. The number of hydrogen-bond acceptors (Lipinski definition) is 3. The van der Waals surface area contributed by atoms with Gasteiger partial charge in [0, 0.05) is 5.69 Å². The van der Waals surface area contributed by atoms with Crippen molar-refractivity contribution in [3.63, 3.8) is 0 Å². The van der Waals surface area contributed by atoms with Crippen molar-refractivity contribution in [2.24, 2.45) is 0 Å². The first-order chi connectivity index (χ1) is 5.11. The van der Waals surface area contributed by atoms with E-state index in [0.29, 0.717) is 5.69 Å². The zero-order valence-corrected chi connectivity index (χ0v) is 7.00. The van der Waals surface area contributed by atoms with Crippen LogP contribution in [0.15, 0.2) is 6.07 Å². The van der Waals surface area contributed by atoms with Crippen LogP contribution in [0.3, 0.4) is 0 Å². The second-order valence-electron chi connectivity index (χ2n) is 2.81. The Balaban J connectivity index is 2.76. The van der Waals surface area contributed by atoms with Crippen LogP contribution >= 0.6 is 0 Å². The monoisotopic (exact) mass is 155 g/mol. The zero-order valence-electron chi connectivity index (χ0n) is 7.00. The number of nitrogens with one attached hydrogen (secondary N) is 1. The number of nitrogens with zero attached hydrogens (tertiary/aromatic N) is 2. The summed E-state index contributed by atoms with van der Waals surface area (Å²) < 4.78 is 0. The Hall–Kier alpha value is -0.870. The van der Waals surface area contributed by atoms with E-state index in [0.717, 1.165) is 5.69 Å². The lowest BCUT2D eigenvalue weighted by molar-refractivity contribution is 0.0357. The van der Waals surface area contributed by atoms with Gasteiger partial charge in [0.15, 0.2) is 6.23 Å². The van der Waals surface area contributed by atoms with E-state index < -0.39 is 6.23 Å². The average molecular weight is 155 g/mol. The fraction of sp³-hybridized carbons (Fsp3) is 0.571. The van der Waals surface area contributed by atoms with Crippen molar-refractivity contribution in [3.05, 3.63) is 17.5 Å². The van der Waals surface area contributed by atoms with Crippen molar-refractivity contribution in [2.75, 3.05) is 14.1 Å². The molecular formula is C7H13N3O. The number of aliphatic hydroxyl groups is 1. The topological polar surface area (TPSA) is 52.1 Å². The smallest absolute Gasteiger partial charge is 0.151 e. The predicted molar refractivity (Wildman–Crippen MR) is 42.0 cm³/mol. The second kappa shape index (κ2) is 3.02. The fourth-order valence-electron chi connectivity index (χ4n) is 0.836. The molecular weight excluding hydrogens is 142 g/mol. The van der Waals surface area contributed by atoms with Gasteiger partial charge in [-0.15, -0.1) is 0 Å². The molecule has 0 aliphatic rings. The Morgan fingerprint density at radius 1 is 1.64 bits per heavy atom. The van der Waals surface area contributed by atoms with Gasteiger partial charge in [0.2, 0.25) is 0 Å². The lowest BCUT2D eigenvalue weighted by Gasteiger charge is -2.15. The minimum absolute atomic E-state index is 0.611. The summed E-state index contributed by atoms with van der Waals surface area (Å²) in [7, 11) is 3.60. The highest BCUT2D eigenvalue weighted by Crippen LogP contribution is 2.11. The molecule has 0 radical (unpaired) electrons. The van der Waals surface area contributed by atoms with Gasteiger partial charge in [-0.3, -0.25) is 10.00 Å². The predicted octanol–water partition coefficient (Wildman–Crippen LogP) is 0.271. The second-order valence-corrected chi connectivity index (χ2v) is 2.81. The highest BCUT2D eigenvalue weighted by atomic mass is 16.3. The normalized spacial score (nSPS) is 13.9. The third-order valence-corrected chi connectivity index (χ3v) is 1.48. The lowest BCUT2D eigenvalue weighted by atomic mass is 10.3. The maximum atomic E-state index is 9.45. The van der Waals surface area contributed by atoms with Crippen molar-refractivity contribution in [2.45, 2.75) is 13.2 Å². The van der Waals surface area contributed by atoms with Crippen molar-refractivity contribution < 1.29 is 5.11 Å². The molecule has 1 unspecified atom stereocenters. The Kier molecular flexibility index (Phi) is 2.26. The van der Waals surface area contributed by atoms with E-state index >= 15 is 0 Å². The molecule has 1 rings (SSSR count). The molecule has 1 atom stereocenters. The average Bonchev–Trinajstić information content (AvgIpc) is 2.34. The van der Waals surface area contributed by atoms with E-state index in [4.69, 9.17) is 0 Å². The summed E-state index contributed by atoms with van der Waals surface area (Å²) in [4.78, 5) is 1.69. The van der Waals surface area contributed by atoms with E-state index in [1.54, 1.807) is 19.0 Å². The summed E-state index contributed by atoms with van der Waals surface area (Å²) in [6.07, 6.45) is -0.611. The molecule has 0 aliphatic carbocycles. The molecule has 1 aromatic rings. The van der Waals surface area contributed by atoms with Crippen LogP contribution in [0, 0.1) is 6.92 Å². The van der Waals surface area contributed by atoms with E-state index in [2.05, 4.69) is 10.2 Å². The molecule has 2 N–H and O–H groups in total. The highest BCUT2D eigenvalue weighted by Gasteiger charge is 2.11. The van der Waals surface area contributed by atoms with Crippen LogP contribution in [-0.2, 0) is 0 Å². The molecule has 0 saturated heterocycles. The van der Waals surface area contributed by atoms with Gasteiger partial charge in [0.25, 0.3) is 0 Å². The lowest BCUT2D eigenvalue weighted by Crippen LogP contribution is -2.19. The van der Waals surface area contributed by atoms with Crippen LogP contribution in [-0.4, -0.2) is 34.3 Å². The van der Waals surface area contributed by atoms with E-state index in [1.165, 1.54) is 0 Å². The summed E-state index contributed by atoms with van der Waals surface area (Å²) in [5.74, 6) is 0. The molecule has 0 aromatic carbocycles. The minimum Gasteiger partial charge on any atom is -0.372 e. The van der Waals surface area contributed by atoms with Gasteiger partial charge >= 0.3 is 0 Å². The third-order valence-electron chi connectivity index (χ3n) is 1.48. The molecule has 62 valence electrons. The molecule has 0 aliphatic heterocycles. The van der Waals surface area contributed by atoms with Crippen molar-refractivity contribution in [1.29, 1.82) is 0 Å². The first-order valence-electron chi connectivity index (χ1n) is 3.47. The van der Waals surface area contributed by atoms with Gasteiger partial charge in [0.1, 0.15) is 5.69 Å². The van der Waals surface area contributed by atoms with E-state index in [9.17, 15) is 5.11 Å². The maximum absolute atomic E-state index is 9.45. The first kappa shape index (κ1) is 8.23. The molecule has 1 aromatic heterocycles. The Morgan fingerprint density at radius 2 is 2.27 bits per heavy atom. The summed E-state index contributed by atoms with van der Waals surface area (Å²) in [6, 6.07) is 1.82. The number of hydrogen-bond donors (Lipinski definition) is 2. The molecule has 0 amide bonds. The van der Waals surface area contributed by atoms with Crippen LogP contribution in [0.2, 0.25) is 0 Å². The fourth-order valence-corrected chi connectivity index (χ4v) is 0.836. The largest absolute Gasteiger partial charge is 0.372 e. The number of aromatic amines is 1. The summed E-state index contributed by atoms with van der Waals surface area (Å²) in [5, 5.41) is 16.1. The SMILES string of the molecule is Cc1cc(C(O)N(C)C)n[nH]1. The molecule has 4 heteroatoms. The van der Waals surface area contributed by atoms with Crippen LogP contribution in [0.5, 0.6) is 0 Å². The Labute approximate surface area is 65.8 Å². The molecule has 0 spiro atoms. The molecule has 0 bridgehead atoms. The van der Waals surface area contributed by atoms with Crippen LogP contribution in [0.25, 0.3) is 0 Å². The molecule has 0 saturated carbocycles. The zero-order chi connectivity index (χ0) is 8.43. The van der Waals surface area contributed by atoms with Crippen LogP contribution < -0.4 is 0 Å². The van der Waals surface area contributed by atoms with Crippen molar-refractivity contribution in [1.82, 2.24) is 15.1 Å². The number of aryl methyl sites for hydroxylation is 1. The van der Waals surface area contributed by atoms with Gasteiger partial charge in [-0.25, -0.2) is 0 Å². The molecule has 1 heterocycles. The minimum atomic E-state index is -0.611. The van der Waals surface area contributed by atoms with Crippen molar-refractivity contribution in [3.8, 4) is 0 Å². The van der Waals surface area contributed by atoms with Crippen LogP contribution in [0.4, 0.5) is 0 Å². The highest BCUT2D eigenvalue weighted by molar-refractivity contribution is 5.08. The van der Waals surface area contributed by atoms with Crippen LogP contribution in [0.1, 0.15) is 17.6 Å². The molecule has 11 heavy (non-hydrogen) atoms. The van der Waals surface area contributed by atoms with Gasteiger partial charge < -0.3 is 5.11 Å². The molecule has 4 nitrogen and oxygen atoms in total. The van der Waals surface area contributed by atoms with Gasteiger partial charge in [-0.05, 0) is 27.1 Å². The van der Waals surface area contributed by atoms with Gasteiger partial charge in [0.05, 0.1) is 0 Å². The third kappa shape index (κ3) is 1.78. The van der Waals surface area contributed by atoms with E-state index in [1.807, 2.05) is 13.0 Å². The summed E-state index contributed by atoms with van der Waals surface area (Å²) in [6.45, 7) is 1.90. The Morgan fingerprint density at radius 3 is 2.64 bits per heavy atom. The van der Waals surface area contributed by atoms with Crippen molar-refractivity contribution >= 4 is 0 Å². The quantitative estimate of drug-likeness (QED) is 0.603. The number of aliphatic hydroxyl groups excluding tert-OH is 1. The maximum Gasteiger partial charge on any atom is 0.151 e. The summed E-state index contributed by atoms with van der Waals surface area (Å²) >= 11 is 0.